The maximum atomic E-state index is 15.2. The van der Waals surface area contributed by atoms with Crippen LogP contribution < -0.4 is 0 Å². The first-order valence-corrected chi connectivity index (χ1v) is 14.1. The molecular weight excluding hydrogens is 481 g/mol. The van der Waals surface area contributed by atoms with Crippen molar-refractivity contribution in [3.8, 4) is 0 Å². The number of benzene rings is 2. The quantitative estimate of drug-likeness (QED) is 0.205. The predicted molar refractivity (Wildman–Crippen MR) is 163 cm³/mol. The minimum absolute atomic E-state index is 0.145. The van der Waals surface area contributed by atoms with Crippen molar-refractivity contribution in [2.75, 3.05) is 6.54 Å². The smallest absolute Gasteiger partial charge is 0.132 e. The molecule has 3 nitrogen and oxygen atoms in total. The van der Waals surface area contributed by atoms with E-state index in [0.29, 0.717) is 23.2 Å². The van der Waals surface area contributed by atoms with Crippen molar-refractivity contribution in [2.24, 2.45) is 11.0 Å². The predicted octanol–water partition coefficient (Wildman–Crippen LogP) is 8.75. The van der Waals surface area contributed by atoms with Gasteiger partial charge in [-0.25, -0.2) is 9.40 Å². The molecule has 0 bridgehead atoms. The zero-order valence-electron chi connectivity index (χ0n) is 24.0. The zero-order chi connectivity index (χ0) is 28.1. The Hall–Kier alpha value is -3.66. The number of nitrogens with zero attached hydrogens (tertiary/aromatic N) is 3. The Balaban J connectivity index is 1.57. The van der Waals surface area contributed by atoms with Gasteiger partial charge in [0.1, 0.15) is 5.82 Å². The maximum Gasteiger partial charge on any atom is 0.132 e. The third-order valence-corrected chi connectivity index (χ3v) is 7.71. The molecule has 0 spiro atoms. The van der Waals surface area contributed by atoms with Crippen LogP contribution in [0.3, 0.4) is 0 Å². The molecule has 2 aromatic rings. The second-order valence-electron chi connectivity index (χ2n) is 10.9. The van der Waals surface area contributed by atoms with Crippen LogP contribution in [0.2, 0.25) is 0 Å². The molecule has 0 amide bonds. The molecule has 1 atom stereocenters. The van der Waals surface area contributed by atoms with Crippen molar-refractivity contribution in [1.29, 1.82) is 0 Å². The summed E-state index contributed by atoms with van der Waals surface area (Å²) in [6.45, 7) is 22.0. The van der Waals surface area contributed by atoms with Crippen LogP contribution in [-0.4, -0.2) is 28.2 Å². The highest BCUT2D eigenvalue weighted by Gasteiger charge is 2.33. The van der Waals surface area contributed by atoms with Crippen LogP contribution in [0.1, 0.15) is 69.6 Å². The Kier molecular flexibility index (Phi) is 9.06. The molecule has 1 unspecified atom stereocenters. The Morgan fingerprint density at radius 2 is 1.87 bits per heavy atom. The molecule has 1 saturated carbocycles. The van der Waals surface area contributed by atoms with Crippen molar-refractivity contribution in [3.63, 3.8) is 0 Å². The van der Waals surface area contributed by atoms with Gasteiger partial charge in [-0.2, -0.15) is 5.10 Å². The molecule has 39 heavy (non-hydrogen) atoms. The van der Waals surface area contributed by atoms with Crippen molar-refractivity contribution < 1.29 is 4.39 Å². The van der Waals surface area contributed by atoms with Crippen LogP contribution in [0.15, 0.2) is 114 Å². The van der Waals surface area contributed by atoms with Gasteiger partial charge in [0.25, 0.3) is 0 Å². The summed E-state index contributed by atoms with van der Waals surface area (Å²) in [7, 11) is 0. The van der Waals surface area contributed by atoms with Gasteiger partial charge in [-0.1, -0.05) is 62.6 Å². The van der Waals surface area contributed by atoms with E-state index >= 15 is 4.39 Å². The molecule has 2 aromatic carbocycles. The normalized spacial score (nSPS) is 16.6. The SMILES string of the molecule is C=CC(CC)c1ccc(/C(C)=N/N2C(=C)C=C(C(=C)N(CCc3ccccc3)C(C)C)C=C2C2CC2)c(F)c1. The maximum absolute atomic E-state index is 15.2. The molecule has 1 heterocycles. The Bertz CT molecular complexity index is 1310. The molecule has 1 aliphatic heterocycles. The molecule has 0 N–H and O–H groups in total. The molecule has 2 aliphatic rings. The van der Waals surface area contributed by atoms with Gasteiger partial charge in [0.2, 0.25) is 0 Å². The largest absolute Gasteiger partial charge is 0.369 e. The van der Waals surface area contributed by atoms with Crippen LogP contribution in [0.4, 0.5) is 4.39 Å². The van der Waals surface area contributed by atoms with E-state index in [1.807, 2.05) is 30.1 Å². The van der Waals surface area contributed by atoms with Crippen LogP contribution in [-0.2, 0) is 6.42 Å². The molecule has 0 aromatic heterocycles. The highest BCUT2D eigenvalue weighted by molar-refractivity contribution is 5.99. The van der Waals surface area contributed by atoms with Crippen molar-refractivity contribution in [2.45, 2.75) is 65.3 Å². The van der Waals surface area contributed by atoms with Gasteiger partial charge < -0.3 is 4.90 Å². The van der Waals surface area contributed by atoms with Gasteiger partial charge in [-0.05, 0) is 81.9 Å². The van der Waals surface area contributed by atoms with E-state index in [-0.39, 0.29) is 11.7 Å². The minimum atomic E-state index is -0.260. The van der Waals surface area contributed by atoms with E-state index < -0.39 is 0 Å². The molecule has 0 saturated heterocycles. The Morgan fingerprint density at radius 3 is 2.46 bits per heavy atom. The molecule has 0 radical (unpaired) electrons. The summed E-state index contributed by atoms with van der Waals surface area (Å²) in [5.74, 6) is 0.313. The van der Waals surface area contributed by atoms with E-state index in [4.69, 9.17) is 5.10 Å². The van der Waals surface area contributed by atoms with Crippen LogP contribution >= 0.6 is 0 Å². The number of halogens is 1. The summed E-state index contributed by atoms with van der Waals surface area (Å²) >= 11 is 0. The summed E-state index contributed by atoms with van der Waals surface area (Å²) < 4.78 is 15.2. The summed E-state index contributed by atoms with van der Waals surface area (Å²) in [5.41, 5.74) is 7.34. The average Bonchev–Trinajstić information content (AvgIpc) is 3.76. The van der Waals surface area contributed by atoms with Crippen LogP contribution in [0.25, 0.3) is 0 Å². The number of rotatable bonds is 12. The zero-order valence-corrected chi connectivity index (χ0v) is 24.0. The second kappa shape index (κ2) is 12.5. The average molecular weight is 524 g/mol. The lowest BCUT2D eigenvalue weighted by Crippen LogP contribution is -2.33. The number of hydrogen-bond donors (Lipinski definition) is 0. The van der Waals surface area contributed by atoms with Gasteiger partial charge in [0.15, 0.2) is 0 Å². The summed E-state index contributed by atoms with van der Waals surface area (Å²) in [6, 6.07) is 16.3. The van der Waals surface area contributed by atoms with E-state index in [1.165, 1.54) is 5.56 Å². The fourth-order valence-corrected chi connectivity index (χ4v) is 5.19. The van der Waals surface area contributed by atoms with Crippen molar-refractivity contribution >= 4 is 5.71 Å². The molecule has 4 heteroatoms. The third kappa shape index (κ3) is 6.68. The molecule has 204 valence electrons. The van der Waals surface area contributed by atoms with Gasteiger partial charge in [0.05, 0.1) is 11.4 Å². The van der Waals surface area contributed by atoms with E-state index in [0.717, 1.165) is 60.5 Å². The lowest BCUT2D eigenvalue weighted by Gasteiger charge is -2.34. The molecular formula is C35H42FN3. The topological polar surface area (TPSA) is 18.8 Å². The highest BCUT2D eigenvalue weighted by atomic mass is 19.1. The standard InChI is InChI=1S/C35H42FN3/c1-8-29(9-2)31-17-18-33(34(36)22-31)26(6)37-39-25(5)21-32(23-35(39)30-15-16-30)27(7)38(24(3)4)20-19-28-13-11-10-12-14-28/h8,10-14,17-18,21-24,29-30H,1,5,7,9,15-16,19-20H2,2-4,6H3/b37-26+. The molecule has 1 fully saturated rings. The molecule has 4 rings (SSSR count). The second-order valence-corrected chi connectivity index (χ2v) is 10.9. The van der Waals surface area contributed by atoms with Crippen LogP contribution in [0.5, 0.6) is 0 Å². The Morgan fingerprint density at radius 1 is 1.15 bits per heavy atom. The summed E-state index contributed by atoms with van der Waals surface area (Å²) in [4.78, 5) is 2.36. The fraction of sp³-hybridized carbons (Fsp3) is 0.343. The first kappa shape index (κ1) is 28.4. The first-order chi connectivity index (χ1) is 18.7. The van der Waals surface area contributed by atoms with E-state index in [2.05, 4.69) is 87.9 Å². The van der Waals surface area contributed by atoms with Gasteiger partial charge in [-0.15, -0.1) is 6.58 Å². The third-order valence-electron chi connectivity index (χ3n) is 7.71. The number of allylic oxidation sites excluding steroid dienone is 4. The van der Waals surface area contributed by atoms with Gasteiger partial charge >= 0.3 is 0 Å². The monoisotopic (exact) mass is 523 g/mol. The van der Waals surface area contributed by atoms with Crippen molar-refractivity contribution in [3.05, 3.63) is 132 Å². The Labute approximate surface area is 234 Å². The van der Waals surface area contributed by atoms with Crippen LogP contribution in [0, 0.1) is 11.7 Å². The number of hydrogen-bond acceptors (Lipinski definition) is 3. The van der Waals surface area contributed by atoms with Gasteiger partial charge in [0, 0.05) is 47.0 Å². The fourth-order valence-electron chi connectivity index (χ4n) is 5.19. The minimum Gasteiger partial charge on any atom is -0.369 e. The molecule has 1 aliphatic carbocycles. The van der Waals surface area contributed by atoms with Gasteiger partial charge in [-0.3, -0.25) is 0 Å². The van der Waals surface area contributed by atoms with E-state index in [1.54, 1.807) is 6.07 Å². The highest BCUT2D eigenvalue weighted by Crippen LogP contribution is 2.43. The first-order valence-electron chi connectivity index (χ1n) is 14.1. The lowest BCUT2D eigenvalue weighted by atomic mass is 9.95. The summed E-state index contributed by atoms with van der Waals surface area (Å²) in [6.07, 6.45) is 10.2. The van der Waals surface area contributed by atoms with Crippen molar-refractivity contribution in [1.82, 2.24) is 9.91 Å². The lowest BCUT2D eigenvalue weighted by molar-refractivity contribution is 0.293. The summed E-state index contributed by atoms with van der Waals surface area (Å²) in [5, 5.41) is 6.79. The van der Waals surface area contributed by atoms with E-state index in [9.17, 15) is 0 Å². The number of hydrazone groups is 1.